The first-order chi connectivity index (χ1) is 15.3. The minimum atomic E-state index is -7.94. The monoisotopic (exact) mass is 692 g/mol. The molecule has 0 atom stereocenters. The molecule has 10 nitrogen and oxygen atoms in total. The Labute approximate surface area is 194 Å². The van der Waals surface area contributed by atoms with E-state index in [1.807, 2.05) is 0 Å². The third-order valence-electron chi connectivity index (χ3n) is 2.74. The predicted octanol–water partition coefficient (Wildman–Crippen LogP) is 1.89. The van der Waals surface area contributed by atoms with Gasteiger partial charge in [0.1, 0.15) is 0 Å². The Hall–Kier alpha value is -1.30. The molecule has 0 saturated heterocycles. The first-order valence-electron chi connectivity index (χ1n) is 6.81. The van der Waals surface area contributed by atoms with Crippen molar-refractivity contribution >= 4 is 49.2 Å². The van der Waals surface area contributed by atoms with Gasteiger partial charge in [-0.15, -0.1) is 0 Å². The highest BCUT2D eigenvalue weighted by Crippen LogP contribution is 2.43. The van der Waals surface area contributed by atoms with Crippen LogP contribution in [0.4, 0.5) is 65.9 Å². The van der Waals surface area contributed by atoms with E-state index in [1.54, 1.807) is 0 Å². The zero-order valence-corrected chi connectivity index (χ0v) is 19.7. The lowest BCUT2D eigenvalue weighted by molar-refractivity contribution is -0.0495. The zero-order valence-electron chi connectivity index (χ0n) is 15.6. The summed E-state index contributed by atoms with van der Waals surface area (Å²) in [5.74, 6) is 0. The Balaban J connectivity index is 0. The normalized spacial score (nSPS) is 15.8. The number of halogens is 15. The molecule has 226 valence electrons. The van der Waals surface area contributed by atoms with Crippen LogP contribution in [0, 0.1) is 0 Å². The Bertz CT molecular complexity index is 1220. The van der Waals surface area contributed by atoms with Crippen LogP contribution in [-0.2, 0) is 49.2 Å². The van der Waals surface area contributed by atoms with Crippen LogP contribution in [0.2, 0.25) is 0 Å². The van der Waals surface area contributed by atoms with Crippen molar-refractivity contribution in [3.63, 3.8) is 0 Å². The quantitative estimate of drug-likeness (QED) is 0.388. The number of sulfone groups is 5. The molecule has 0 aliphatic rings. The van der Waals surface area contributed by atoms with Gasteiger partial charge in [0.25, 0.3) is 53.1 Å². The van der Waals surface area contributed by atoms with Crippen LogP contribution in [0.1, 0.15) is 0 Å². The third kappa shape index (κ3) is 8.10. The van der Waals surface area contributed by atoms with Crippen LogP contribution >= 0.6 is 0 Å². The SMILES string of the molecule is O=S(=O)(C(S(=O)(=O)C(F)(F)F)S(=O)(=O)C(F)(F)F)C(F)(F)F.O=S(=O)(CS(=O)(=O)C(F)(F)F)C(F)(F)F. The molecule has 0 unspecified atom stereocenters. The van der Waals surface area contributed by atoms with Crippen LogP contribution in [0.15, 0.2) is 0 Å². The van der Waals surface area contributed by atoms with Crippen molar-refractivity contribution in [2.75, 3.05) is 5.08 Å². The fourth-order valence-corrected chi connectivity index (χ4v) is 10.5. The van der Waals surface area contributed by atoms with Gasteiger partial charge in [0, 0.05) is 0 Å². The van der Waals surface area contributed by atoms with E-state index >= 15 is 0 Å². The highest BCUT2D eigenvalue weighted by Gasteiger charge is 2.73. The summed E-state index contributed by atoms with van der Waals surface area (Å²) in [6.07, 6.45) is 0. The van der Waals surface area contributed by atoms with Crippen LogP contribution in [0.3, 0.4) is 0 Å². The summed E-state index contributed by atoms with van der Waals surface area (Å²) in [6, 6.07) is 0. The first kappa shape index (κ1) is 37.9. The summed E-state index contributed by atoms with van der Waals surface area (Å²) in [5, 5.41) is -3.03. The van der Waals surface area contributed by atoms with Gasteiger partial charge in [0.05, 0.1) is 0 Å². The summed E-state index contributed by atoms with van der Waals surface area (Å²) in [6.45, 7) is 0. The number of hydrogen-bond acceptors (Lipinski definition) is 10. The fraction of sp³-hybridized carbons (Fsp3) is 1.00. The Morgan fingerprint density at radius 1 is 0.351 bits per heavy atom. The molecule has 0 aliphatic carbocycles. The van der Waals surface area contributed by atoms with Gasteiger partial charge in [0.15, 0.2) is 5.08 Å². The molecular formula is C7H3F15O10S5. The van der Waals surface area contributed by atoms with Gasteiger partial charge < -0.3 is 0 Å². The zero-order chi connectivity index (χ0) is 31.3. The summed E-state index contributed by atoms with van der Waals surface area (Å²) in [4.78, 5) is 0. The van der Waals surface area contributed by atoms with Crippen LogP contribution in [0.25, 0.3) is 0 Å². The van der Waals surface area contributed by atoms with E-state index in [-0.39, 0.29) is 0 Å². The minimum Gasteiger partial charge on any atom is -0.218 e. The molecule has 0 aliphatic heterocycles. The van der Waals surface area contributed by atoms with Crippen molar-refractivity contribution in [2.45, 2.75) is 31.5 Å². The third-order valence-corrected chi connectivity index (χ3v) is 14.7. The molecule has 0 radical (unpaired) electrons. The highest BCUT2D eigenvalue weighted by molar-refractivity contribution is 8.24. The van der Waals surface area contributed by atoms with E-state index < -0.39 is 85.7 Å². The largest absolute Gasteiger partial charge is 0.499 e. The molecule has 37 heavy (non-hydrogen) atoms. The Morgan fingerprint density at radius 3 is 0.622 bits per heavy atom. The summed E-state index contributed by atoms with van der Waals surface area (Å²) < 4.78 is 276. The Morgan fingerprint density at radius 2 is 0.514 bits per heavy atom. The topological polar surface area (TPSA) is 171 Å². The second kappa shape index (κ2) is 10.0. The van der Waals surface area contributed by atoms with Gasteiger partial charge in [-0.05, 0) is 0 Å². The van der Waals surface area contributed by atoms with Crippen molar-refractivity contribution in [3.05, 3.63) is 0 Å². The van der Waals surface area contributed by atoms with Crippen molar-refractivity contribution in [2.24, 2.45) is 0 Å². The van der Waals surface area contributed by atoms with Gasteiger partial charge in [-0.25, -0.2) is 42.1 Å². The van der Waals surface area contributed by atoms with E-state index in [2.05, 4.69) is 0 Å². The average Bonchev–Trinajstić information content (AvgIpc) is 2.47. The lowest BCUT2D eigenvalue weighted by Crippen LogP contribution is -2.52. The molecule has 0 aromatic carbocycles. The fourth-order valence-electron chi connectivity index (χ4n) is 1.17. The minimum absolute atomic E-state index is 3.03. The summed E-state index contributed by atoms with van der Waals surface area (Å²) >= 11 is 0. The standard InChI is InChI=1S/C4HF9O6S3.C3H2F6O4S2/c5-2(6,7)20(14,15)1(21(16,17)3(8,9)10)22(18,19)4(11,12)13;4-2(5,6)14(10,11)1-15(12,13)3(7,8)9/h1H;1H2. The summed E-state index contributed by atoms with van der Waals surface area (Å²) in [7, 11) is -36.5. The predicted molar refractivity (Wildman–Crippen MR) is 83.5 cm³/mol. The lowest BCUT2D eigenvalue weighted by atomic mass is 11.5. The van der Waals surface area contributed by atoms with Gasteiger partial charge in [0.2, 0.25) is 0 Å². The van der Waals surface area contributed by atoms with E-state index in [9.17, 15) is 108 Å². The van der Waals surface area contributed by atoms with E-state index in [4.69, 9.17) is 0 Å². The van der Waals surface area contributed by atoms with Crippen molar-refractivity contribution in [1.29, 1.82) is 0 Å². The summed E-state index contributed by atoms with van der Waals surface area (Å²) in [5.41, 5.74) is -33.1. The highest BCUT2D eigenvalue weighted by atomic mass is 32.3. The van der Waals surface area contributed by atoms with Crippen molar-refractivity contribution in [1.82, 2.24) is 0 Å². The number of hydrogen-bond donors (Lipinski definition) is 0. The van der Waals surface area contributed by atoms with Crippen molar-refractivity contribution in [3.8, 4) is 0 Å². The molecule has 0 amide bonds. The molecule has 0 bridgehead atoms. The molecule has 0 saturated carbocycles. The van der Waals surface area contributed by atoms with Gasteiger partial charge >= 0.3 is 27.5 Å². The average molecular weight is 692 g/mol. The van der Waals surface area contributed by atoms with Gasteiger partial charge in [-0.2, -0.15) is 65.9 Å². The molecule has 0 fully saturated rings. The Kier molecular flexibility index (Phi) is 10.3. The molecule has 0 N–H and O–H groups in total. The van der Waals surface area contributed by atoms with Crippen LogP contribution < -0.4 is 0 Å². The van der Waals surface area contributed by atoms with Gasteiger partial charge in [-0.1, -0.05) is 0 Å². The molecule has 0 spiro atoms. The second-order valence-electron chi connectivity index (χ2n) is 5.50. The molecular weight excluding hydrogens is 689 g/mol. The molecule has 0 aromatic heterocycles. The van der Waals surface area contributed by atoms with Crippen LogP contribution in [-0.4, -0.2) is 78.6 Å². The van der Waals surface area contributed by atoms with E-state index in [0.717, 1.165) is 0 Å². The first-order valence-corrected chi connectivity index (χ1v) is 14.7. The van der Waals surface area contributed by atoms with E-state index in [1.165, 1.54) is 0 Å². The maximum Gasteiger partial charge on any atom is 0.499 e. The second-order valence-corrected chi connectivity index (χ2v) is 16.8. The molecule has 0 rings (SSSR count). The maximum atomic E-state index is 12.1. The molecule has 0 aromatic rings. The smallest absolute Gasteiger partial charge is 0.218 e. The molecule has 30 heteroatoms. The number of rotatable bonds is 5. The van der Waals surface area contributed by atoms with Crippen LogP contribution in [0.5, 0.6) is 0 Å². The molecule has 0 heterocycles. The van der Waals surface area contributed by atoms with E-state index in [0.29, 0.717) is 0 Å². The number of alkyl halides is 15. The van der Waals surface area contributed by atoms with Gasteiger partial charge in [-0.3, -0.25) is 0 Å². The maximum absolute atomic E-state index is 12.1. The lowest BCUT2D eigenvalue weighted by Gasteiger charge is -2.21. The van der Waals surface area contributed by atoms with Crippen molar-refractivity contribution < 1.29 is 108 Å².